The van der Waals surface area contributed by atoms with Gasteiger partial charge in [0.05, 0.1) is 5.69 Å². The molecule has 0 spiro atoms. The van der Waals surface area contributed by atoms with Gasteiger partial charge in [0, 0.05) is 18.2 Å². The molecule has 15 heavy (non-hydrogen) atoms. The Morgan fingerprint density at radius 3 is 2.93 bits per heavy atom. The summed E-state index contributed by atoms with van der Waals surface area (Å²) in [6.45, 7) is 4.28. The van der Waals surface area contributed by atoms with Crippen LogP contribution in [-0.2, 0) is 0 Å². The fourth-order valence-corrected chi connectivity index (χ4v) is 1.36. The summed E-state index contributed by atoms with van der Waals surface area (Å²) in [5.41, 5.74) is 1.83. The number of hydrogen-bond acceptors (Lipinski definition) is 3. The Morgan fingerprint density at radius 1 is 1.40 bits per heavy atom. The van der Waals surface area contributed by atoms with Crippen molar-refractivity contribution in [2.45, 2.75) is 26.2 Å². The third kappa shape index (κ3) is 2.06. The van der Waals surface area contributed by atoms with E-state index < -0.39 is 0 Å². The minimum absolute atomic E-state index is 0.436. The Bertz CT molecular complexity index is 422. The molecule has 2 aromatic rings. The maximum atomic E-state index is 5.26. The second-order valence-corrected chi connectivity index (χ2v) is 3.64. The molecule has 0 aromatic carbocycles. The van der Waals surface area contributed by atoms with E-state index in [1.165, 1.54) is 0 Å². The molecule has 0 saturated carbocycles. The van der Waals surface area contributed by atoms with Gasteiger partial charge in [-0.2, -0.15) is 0 Å². The van der Waals surface area contributed by atoms with Crippen molar-refractivity contribution in [1.82, 2.24) is 10.1 Å². The zero-order valence-electron chi connectivity index (χ0n) is 8.97. The number of pyridine rings is 1. The first-order valence-corrected chi connectivity index (χ1v) is 5.19. The van der Waals surface area contributed by atoms with Gasteiger partial charge in [-0.1, -0.05) is 25.1 Å². The highest BCUT2D eigenvalue weighted by molar-refractivity contribution is 5.51. The summed E-state index contributed by atoms with van der Waals surface area (Å²) in [5.74, 6) is 1.18. The Morgan fingerprint density at radius 2 is 2.27 bits per heavy atom. The highest BCUT2D eigenvalue weighted by atomic mass is 16.5. The van der Waals surface area contributed by atoms with Crippen LogP contribution in [0.15, 0.2) is 35.0 Å². The summed E-state index contributed by atoms with van der Waals surface area (Å²) < 4.78 is 5.26. The zero-order valence-corrected chi connectivity index (χ0v) is 8.97. The molecule has 0 radical (unpaired) electrons. The van der Waals surface area contributed by atoms with E-state index in [0.717, 1.165) is 23.6 Å². The number of rotatable bonds is 3. The molecule has 3 nitrogen and oxygen atoms in total. The van der Waals surface area contributed by atoms with E-state index >= 15 is 0 Å². The Labute approximate surface area is 89.1 Å². The van der Waals surface area contributed by atoms with Crippen LogP contribution in [0, 0.1) is 0 Å². The third-order valence-corrected chi connectivity index (χ3v) is 2.56. The van der Waals surface area contributed by atoms with Gasteiger partial charge < -0.3 is 4.52 Å². The molecule has 0 unspecified atom stereocenters. The number of hydrogen-bond donors (Lipinski definition) is 0. The Kier molecular flexibility index (Phi) is 2.81. The summed E-state index contributed by atoms with van der Waals surface area (Å²) >= 11 is 0. The smallest absolute Gasteiger partial charge is 0.185 e. The van der Waals surface area contributed by atoms with Crippen molar-refractivity contribution in [3.05, 3.63) is 36.2 Å². The molecule has 2 rings (SSSR count). The molecule has 0 aliphatic rings. The van der Waals surface area contributed by atoms with Crippen molar-refractivity contribution in [3.8, 4) is 11.5 Å². The van der Waals surface area contributed by atoms with Crippen LogP contribution in [0.2, 0.25) is 0 Å². The lowest BCUT2D eigenvalue weighted by Crippen LogP contribution is -1.89. The lowest BCUT2D eigenvalue weighted by atomic mass is 10.1. The Hall–Kier alpha value is -1.64. The van der Waals surface area contributed by atoms with E-state index in [2.05, 4.69) is 24.0 Å². The van der Waals surface area contributed by atoms with Gasteiger partial charge in [0.25, 0.3) is 0 Å². The van der Waals surface area contributed by atoms with Gasteiger partial charge in [-0.15, -0.1) is 0 Å². The van der Waals surface area contributed by atoms with E-state index in [1.54, 1.807) is 6.20 Å². The SMILES string of the molecule is CC[C@H](C)c1cc(-c2ccccn2)on1. The molecule has 0 aliphatic carbocycles. The van der Waals surface area contributed by atoms with Gasteiger partial charge in [0.2, 0.25) is 0 Å². The maximum absolute atomic E-state index is 5.26. The first-order chi connectivity index (χ1) is 7.31. The topological polar surface area (TPSA) is 38.9 Å². The molecule has 1 atom stereocenters. The summed E-state index contributed by atoms with van der Waals surface area (Å²) in [7, 11) is 0. The van der Waals surface area contributed by atoms with Gasteiger partial charge in [-0.25, -0.2) is 0 Å². The van der Waals surface area contributed by atoms with Gasteiger partial charge in [-0.3, -0.25) is 4.98 Å². The molecule has 0 amide bonds. The first-order valence-electron chi connectivity index (χ1n) is 5.19. The summed E-state index contributed by atoms with van der Waals surface area (Å²) in [6, 6.07) is 7.71. The van der Waals surface area contributed by atoms with Crippen LogP contribution >= 0.6 is 0 Å². The van der Waals surface area contributed by atoms with Crippen molar-refractivity contribution in [1.29, 1.82) is 0 Å². The van der Waals surface area contributed by atoms with E-state index in [9.17, 15) is 0 Å². The van der Waals surface area contributed by atoms with Crippen LogP contribution < -0.4 is 0 Å². The van der Waals surface area contributed by atoms with Gasteiger partial charge in [0.1, 0.15) is 5.69 Å². The standard InChI is InChI=1S/C12H14N2O/c1-3-9(2)11-8-12(15-14-11)10-6-4-5-7-13-10/h4-9H,3H2,1-2H3/t9-/m0/s1. The van der Waals surface area contributed by atoms with Crippen LogP contribution in [0.1, 0.15) is 31.9 Å². The Balaban J connectivity index is 2.28. The van der Waals surface area contributed by atoms with Crippen molar-refractivity contribution in [2.24, 2.45) is 0 Å². The molecule has 2 aromatic heterocycles. The molecule has 0 N–H and O–H groups in total. The predicted octanol–water partition coefficient (Wildman–Crippen LogP) is 3.25. The van der Waals surface area contributed by atoms with E-state index in [1.807, 2.05) is 24.3 Å². The van der Waals surface area contributed by atoms with Crippen LogP contribution in [0.25, 0.3) is 11.5 Å². The fraction of sp³-hybridized carbons (Fsp3) is 0.333. The summed E-state index contributed by atoms with van der Waals surface area (Å²) in [5, 5.41) is 4.05. The molecule has 0 saturated heterocycles. The third-order valence-electron chi connectivity index (χ3n) is 2.56. The van der Waals surface area contributed by atoms with Gasteiger partial charge in [-0.05, 0) is 18.6 Å². The maximum Gasteiger partial charge on any atom is 0.185 e. The van der Waals surface area contributed by atoms with Crippen LogP contribution in [0.5, 0.6) is 0 Å². The molecule has 78 valence electrons. The van der Waals surface area contributed by atoms with Crippen LogP contribution in [-0.4, -0.2) is 10.1 Å². The minimum atomic E-state index is 0.436. The fourth-order valence-electron chi connectivity index (χ4n) is 1.36. The largest absolute Gasteiger partial charge is 0.354 e. The highest BCUT2D eigenvalue weighted by Crippen LogP contribution is 2.23. The molecule has 2 heterocycles. The number of aromatic nitrogens is 2. The van der Waals surface area contributed by atoms with Crippen LogP contribution in [0.4, 0.5) is 0 Å². The molecule has 3 heteroatoms. The molecular formula is C12H14N2O. The molecule has 0 fully saturated rings. The van der Waals surface area contributed by atoms with E-state index in [4.69, 9.17) is 4.52 Å². The number of nitrogens with zero attached hydrogens (tertiary/aromatic N) is 2. The summed E-state index contributed by atoms with van der Waals surface area (Å²) in [4.78, 5) is 4.21. The van der Waals surface area contributed by atoms with E-state index in [-0.39, 0.29) is 0 Å². The van der Waals surface area contributed by atoms with Gasteiger partial charge >= 0.3 is 0 Å². The van der Waals surface area contributed by atoms with Crippen molar-refractivity contribution in [3.63, 3.8) is 0 Å². The highest BCUT2D eigenvalue weighted by Gasteiger charge is 2.11. The molecular weight excluding hydrogens is 188 g/mol. The predicted molar refractivity (Wildman–Crippen MR) is 58.4 cm³/mol. The zero-order chi connectivity index (χ0) is 10.7. The average molecular weight is 202 g/mol. The quantitative estimate of drug-likeness (QED) is 0.766. The van der Waals surface area contributed by atoms with Crippen molar-refractivity contribution < 1.29 is 4.52 Å². The second-order valence-electron chi connectivity index (χ2n) is 3.64. The van der Waals surface area contributed by atoms with E-state index in [0.29, 0.717) is 5.92 Å². The lowest BCUT2D eigenvalue weighted by molar-refractivity contribution is 0.416. The molecule has 0 aliphatic heterocycles. The molecule has 0 bridgehead atoms. The van der Waals surface area contributed by atoms with Crippen LogP contribution in [0.3, 0.4) is 0 Å². The monoisotopic (exact) mass is 202 g/mol. The first kappa shape index (κ1) is 9.90. The van der Waals surface area contributed by atoms with Crippen molar-refractivity contribution >= 4 is 0 Å². The normalized spacial score (nSPS) is 12.7. The average Bonchev–Trinajstić information content (AvgIpc) is 2.78. The minimum Gasteiger partial charge on any atom is -0.354 e. The summed E-state index contributed by atoms with van der Waals surface area (Å²) in [6.07, 6.45) is 2.81. The van der Waals surface area contributed by atoms with Crippen molar-refractivity contribution in [2.75, 3.05) is 0 Å². The lowest BCUT2D eigenvalue weighted by Gasteiger charge is -1.99. The van der Waals surface area contributed by atoms with Gasteiger partial charge in [0.15, 0.2) is 5.76 Å². The second kappa shape index (κ2) is 4.26.